The second kappa shape index (κ2) is 11.5. The molecule has 6 aromatic rings. The van der Waals surface area contributed by atoms with E-state index in [-0.39, 0.29) is 8.46 Å². The van der Waals surface area contributed by atoms with E-state index in [9.17, 15) is 4.57 Å². The number of hydrogen-bond donors (Lipinski definition) is 3. The first-order valence-electron chi connectivity index (χ1n) is 14.9. The van der Waals surface area contributed by atoms with Crippen LogP contribution in [-0.4, -0.2) is 86.0 Å². The second-order valence-electron chi connectivity index (χ2n) is 11.2. The van der Waals surface area contributed by atoms with Crippen molar-refractivity contribution in [2.24, 2.45) is 7.05 Å². The molecule has 232 valence electrons. The minimum absolute atomic E-state index is 0.191. The van der Waals surface area contributed by atoms with Crippen LogP contribution in [0.3, 0.4) is 0 Å². The molecule has 0 bridgehead atoms. The number of aromatic amines is 1. The minimum Gasteiger partial charge on any atom is -0.484 e. The highest BCUT2D eigenvalue weighted by Crippen LogP contribution is 2.51. The van der Waals surface area contributed by atoms with Gasteiger partial charge in [0.25, 0.3) is 0 Å². The Labute approximate surface area is 265 Å². The molecule has 0 amide bonds. The van der Waals surface area contributed by atoms with Crippen molar-refractivity contribution in [2.45, 2.75) is 0 Å². The number of likely N-dealkylation sites (N-methyl/N-ethyl adjacent to an activating group) is 1. The van der Waals surface area contributed by atoms with Gasteiger partial charge in [0.05, 0.1) is 39.5 Å². The van der Waals surface area contributed by atoms with Crippen LogP contribution >= 0.6 is 8.46 Å². The largest absolute Gasteiger partial charge is 0.484 e. The lowest BCUT2D eigenvalue weighted by atomic mass is 10.0. The van der Waals surface area contributed by atoms with Crippen molar-refractivity contribution in [2.75, 3.05) is 62.0 Å². The number of aromatic nitrogens is 7. The number of piperazine rings is 1. The van der Waals surface area contributed by atoms with Crippen molar-refractivity contribution >= 4 is 64.7 Å². The summed E-state index contributed by atoms with van der Waals surface area (Å²) in [6.07, 6.45) is 8.85. The fourth-order valence-corrected chi connectivity index (χ4v) is 6.46. The van der Waals surface area contributed by atoms with Crippen molar-refractivity contribution in [3.63, 3.8) is 0 Å². The van der Waals surface area contributed by atoms with E-state index in [0.29, 0.717) is 69.8 Å². The normalized spacial score (nSPS) is 15.1. The van der Waals surface area contributed by atoms with Gasteiger partial charge < -0.3 is 34.9 Å². The fraction of sp³-hybridized carbons (Fsp3) is 0.258. The highest BCUT2D eigenvalue weighted by molar-refractivity contribution is 7.35. The SMILES string of the molecule is CN1CCN(c2c(-c3cnn(C)c3)cc(Nc3nc(Nc4ccc5nccnc5c4P=O)c4cc[nH]c4n3)c3c2OCCO3)CC1. The summed E-state index contributed by atoms with van der Waals surface area (Å²) in [5.74, 6) is 2.16. The molecule has 1 saturated heterocycles. The third kappa shape index (κ3) is 5.01. The van der Waals surface area contributed by atoms with Crippen LogP contribution in [0, 0.1) is 0 Å². The number of hydrogen-bond acceptors (Lipinski definition) is 12. The van der Waals surface area contributed by atoms with Gasteiger partial charge in [0.1, 0.15) is 30.2 Å². The number of anilines is 5. The molecule has 46 heavy (non-hydrogen) atoms. The summed E-state index contributed by atoms with van der Waals surface area (Å²) in [5, 5.41) is 12.5. The maximum atomic E-state index is 12.3. The Morgan fingerprint density at radius 2 is 1.76 bits per heavy atom. The number of nitrogens with zero attached hydrogens (tertiary/aromatic N) is 8. The van der Waals surface area contributed by atoms with Crippen LogP contribution in [0.25, 0.3) is 33.2 Å². The summed E-state index contributed by atoms with van der Waals surface area (Å²) in [4.78, 5) is 26.3. The number of nitrogens with one attached hydrogen (secondary N) is 3. The average Bonchev–Trinajstić information content (AvgIpc) is 3.74. The van der Waals surface area contributed by atoms with E-state index < -0.39 is 0 Å². The fourth-order valence-electron chi connectivity index (χ4n) is 5.97. The Hall–Kier alpha value is -5.33. The molecule has 14 nitrogen and oxygen atoms in total. The Balaban J connectivity index is 1.23. The molecule has 4 aromatic heterocycles. The minimum atomic E-state index is -0.191. The summed E-state index contributed by atoms with van der Waals surface area (Å²) in [6, 6.07) is 7.61. The molecule has 8 rings (SSSR count). The average molecular weight is 636 g/mol. The van der Waals surface area contributed by atoms with E-state index in [0.717, 1.165) is 48.4 Å². The molecular weight excluding hydrogens is 605 g/mol. The zero-order chi connectivity index (χ0) is 31.2. The lowest BCUT2D eigenvalue weighted by Gasteiger charge is -2.37. The number of fused-ring (bicyclic) bond motifs is 3. The van der Waals surface area contributed by atoms with Gasteiger partial charge in [-0.25, -0.2) is 0 Å². The number of aryl methyl sites for hydroxylation is 1. The lowest BCUT2D eigenvalue weighted by molar-refractivity contribution is 0.172. The molecule has 3 N–H and O–H groups in total. The van der Waals surface area contributed by atoms with Crippen molar-refractivity contribution < 1.29 is 14.0 Å². The molecule has 0 spiro atoms. The highest BCUT2D eigenvalue weighted by Gasteiger charge is 2.30. The van der Waals surface area contributed by atoms with Gasteiger partial charge >= 0.3 is 0 Å². The zero-order valence-electron chi connectivity index (χ0n) is 25.2. The number of benzene rings is 2. The molecule has 0 saturated carbocycles. The predicted molar refractivity (Wildman–Crippen MR) is 177 cm³/mol. The summed E-state index contributed by atoms with van der Waals surface area (Å²) in [5.41, 5.74) is 6.02. The number of ether oxygens (including phenoxy) is 2. The summed E-state index contributed by atoms with van der Waals surface area (Å²) < 4.78 is 26.7. The van der Waals surface area contributed by atoms with Gasteiger partial charge in [0.2, 0.25) is 5.95 Å². The first-order chi connectivity index (χ1) is 22.6. The van der Waals surface area contributed by atoms with Gasteiger partial charge in [-0.3, -0.25) is 19.2 Å². The summed E-state index contributed by atoms with van der Waals surface area (Å²) in [7, 11) is 3.86. The van der Waals surface area contributed by atoms with E-state index in [1.165, 1.54) is 0 Å². The van der Waals surface area contributed by atoms with Gasteiger partial charge in [0.15, 0.2) is 20.0 Å². The van der Waals surface area contributed by atoms with Crippen LogP contribution in [0.2, 0.25) is 0 Å². The van der Waals surface area contributed by atoms with Crippen molar-refractivity contribution in [3.8, 4) is 22.6 Å². The molecule has 0 radical (unpaired) electrons. The molecule has 0 aliphatic carbocycles. The first-order valence-corrected chi connectivity index (χ1v) is 15.7. The number of H-pyrrole nitrogens is 1. The smallest absolute Gasteiger partial charge is 0.231 e. The van der Waals surface area contributed by atoms with Crippen LogP contribution in [0.1, 0.15) is 0 Å². The molecule has 15 heteroatoms. The second-order valence-corrected chi connectivity index (χ2v) is 11.9. The molecule has 2 aliphatic rings. The monoisotopic (exact) mass is 635 g/mol. The lowest BCUT2D eigenvalue weighted by Crippen LogP contribution is -2.45. The van der Waals surface area contributed by atoms with Gasteiger partial charge in [-0.15, -0.1) is 0 Å². The Kier molecular flexibility index (Phi) is 7.07. The quantitative estimate of drug-likeness (QED) is 0.215. The van der Waals surface area contributed by atoms with Gasteiger partial charge in [0, 0.05) is 69.1 Å². The Bertz CT molecular complexity index is 2110. The molecule has 2 aromatic carbocycles. The van der Waals surface area contributed by atoms with E-state index in [1.807, 2.05) is 37.6 Å². The number of rotatable bonds is 7. The van der Waals surface area contributed by atoms with Crippen molar-refractivity contribution in [1.29, 1.82) is 0 Å². The highest BCUT2D eigenvalue weighted by atomic mass is 31.1. The van der Waals surface area contributed by atoms with E-state index >= 15 is 0 Å². The predicted octanol–water partition coefficient (Wildman–Crippen LogP) is 4.23. The molecule has 1 fully saturated rings. The molecule has 2 aliphatic heterocycles. The van der Waals surface area contributed by atoms with Gasteiger partial charge in [-0.1, -0.05) is 0 Å². The standard InChI is InChI=1S/C31H30N11O3P/c1-40-9-11-42(12-10-40)25-20(18-16-35-41(2)17-18)15-23(26-27(25)45-14-13-44-26)37-31-38-29-19(5-6-34-29)30(39-31)36-22-4-3-21-24(28(22)46-43)33-8-7-32-21/h3-8,15-17H,9-14H2,1-2H3,(H3,34,36,37,38,39). The summed E-state index contributed by atoms with van der Waals surface area (Å²) in [6.45, 7) is 4.47. The van der Waals surface area contributed by atoms with Crippen LogP contribution in [0.15, 0.2) is 55.2 Å². The molecule has 0 unspecified atom stereocenters. The molecular formula is C31H30N11O3P. The summed E-state index contributed by atoms with van der Waals surface area (Å²) >= 11 is 0. The third-order valence-electron chi connectivity index (χ3n) is 8.24. The van der Waals surface area contributed by atoms with Crippen LogP contribution in [0.4, 0.5) is 28.8 Å². The van der Waals surface area contributed by atoms with Crippen LogP contribution < -0.4 is 30.3 Å². The Morgan fingerprint density at radius 1 is 0.935 bits per heavy atom. The third-order valence-corrected chi connectivity index (χ3v) is 8.88. The van der Waals surface area contributed by atoms with Gasteiger partial charge in [-0.05, 0) is 31.3 Å². The van der Waals surface area contributed by atoms with Crippen molar-refractivity contribution in [3.05, 3.63) is 55.2 Å². The Morgan fingerprint density at radius 3 is 2.57 bits per heavy atom. The van der Waals surface area contributed by atoms with E-state index in [2.05, 4.69) is 53.6 Å². The van der Waals surface area contributed by atoms with E-state index in [1.54, 1.807) is 23.3 Å². The zero-order valence-corrected chi connectivity index (χ0v) is 26.1. The first kappa shape index (κ1) is 28.2. The maximum absolute atomic E-state index is 12.3. The van der Waals surface area contributed by atoms with Crippen LogP contribution in [-0.2, 0) is 11.6 Å². The van der Waals surface area contributed by atoms with Crippen molar-refractivity contribution in [1.82, 2.24) is 39.6 Å². The van der Waals surface area contributed by atoms with E-state index in [4.69, 9.17) is 19.4 Å². The van der Waals surface area contributed by atoms with Crippen LogP contribution in [0.5, 0.6) is 11.5 Å². The maximum Gasteiger partial charge on any atom is 0.231 e. The molecule has 6 heterocycles. The topological polar surface area (TPSA) is 151 Å². The van der Waals surface area contributed by atoms with Gasteiger partial charge in [-0.2, -0.15) is 15.1 Å². The molecule has 0 atom stereocenters.